The van der Waals surface area contributed by atoms with E-state index in [-0.39, 0.29) is 6.10 Å². The van der Waals surface area contributed by atoms with E-state index in [2.05, 4.69) is 13.8 Å². The van der Waals surface area contributed by atoms with Crippen molar-refractivity contribution in [2.75, 3.05) is 0 Å². The molecule has 1 aromatic carbocycles. The normalized spacial score (nSPS) is 46.2. The molecule has 1 unspecified atom stereocenters. The van der Waals surface area contributed by atoms with Gasteiger partial charge in [-0.15, -0.1) is 0 Å². The molecule has 0 bridgehead atoms. The lowest BCUT2D eigenvalue weighted by molar-refractivity contribution is -0.118. The van der Waals surface area contributed by atoms with Crippen molar-refractivity contribution < 1.29 is 14.0 Å². The molecule has 0 aliphatic heterocycles. The second-order valence-electron chi connectivity index (χ2n) is 11.1. The molecule has 4 saturated carbocycles. The maximum absolute atomic E-state index is 12.8. The second-order valence-corrected chi connectivity index (χ2v) is 12.9. The van der Waals surface area contributed by atoms with E-state index in [1.165, 1.54) is 44.9 Å². The number of benzene rings is 1. The summed E-state index contributed by atoms with van der Waals surface area (Å²) < 4.78 is 18.7. The number of hydrogen-bond acceptors (Lipinski definition) is 2. The summed E-state index contributed by atoms with van der Waals surface area (Å²) in [5.74, 6) is 3.37. The van der Waals surface area contributed by atoms with Crippen molar-refractivity contribution >= 4 is 12.9 Å². The van der Waals surface area contributed by atoms with Gasteiger partial charge in [-0.3, -0.25) is 4.57 Å². The molecule has 3 nitrogen and oxygen atoms in total. The second kappa shape index (κ2) is 7.21. The van der Waals surface area contributed by atoms with Crippen LogP contribution < -0.4 is 5.30 Å². The van der Waals surface area contributed by atoms with Gasteiger partial charge in [-0.2, -0.15) is 0 Å². The highest BCUT2D eigenvalue weighted by Gasteiger charge is 2.58. The molecule has 0 heterocycles. The Morgan fingerprint density at radius 2 is 1.76 bits per heavy atom. The van der Waals surface area contributed by atoms with Gasteiger partial charge in [0.2, 0.25) is 0 Å². The van der Waals surface area contributed by atoms with Crippen LogP contribution in [0.5, 0.6) is 0 Å². The van der Waals surface area contributed by atoms with E-state index in [1.807, 2.05) is 6.07 Å². The zero-order valence-corrected chi connectivity index (χ0v) is 18.9. The molecule has 4 aliphatic carbocycles. The van der Waals surface area contributed by atoms with Crippen LogP contribution in [0.4, 0.5) is 0 Å². The summed E-state index contributed by atoms with van der Waals surface area (Å²) in [4.78, 5) is 10.6. The van der Waals surface area contributed by atoms with Gasteiger partial charge in [0.25, 0.3) is 0 Å². The van der Waals surface area contributed by atoms with Crippen LogP contribution in [0.2, 0.25) is 0 Å². The minimum atomic E-state index is -3.74. The fourth-order valence-corrected chi connectivity index (χ4v) is 9.45. The van der Waals surface area contributed by atoms with E-state index in [1.54, 1.807) is 24.3 Å². The van der Waals surface area contributed by atoms with Crippen molar-refractivity contribution in [3.05, 3.63) is 30.3 Å². The number of hydrogen-bond donors (Lipinski definition) is 1. The van der Waals surface area contributed by atoms with Crippen molar-refractivity contribution in [2.45, 2.75) is 84.2 Å². The van der Waals surface area contributed by atoms with Crippen LogP contribution in [0.1, 0.15) is 78.1 Å². The van der Waals surface area contributed by atoms with Crippen LogP contribution in [-0.4, -0.2) is 11.0 Å². The number of fused-ring (bicyclic) bond motifs is 5. The number of rotatable bonds is 3. The standard InChI is InChI=1S/C25H37O3P/c1-24-14-6-9-22(24)21-11-10-18-17-19(12-16-25(18,2)23(21)13-15-24)28-29(26,27)20-7-4-3-5-8-20/h3-5,7-8,18-19,21-23H,6,9-17H2,1-2H3,(H,26,27)/t18-,19+,21-,22-,23-,24-,25-/m0/s1. The molecule has 1 aromatic rings. The summed E-state index contributed by atoms with van der Waals surface area (Å²) in [5.41, 5.74) is 1.02. The van der Waals surface area contributed by atoms with Gasteiger partial charge in [0.05, 0.1) is 11.4 Å². The third-order valence-corrected chi connectivity index (χ3v) is 11.3. The summed E-state index contributed by atoms with van der Waals surface area (Å²) in [6.45, 7) is 5.13. The SMILES string of the molecule is C[C@@]12CCC[C@H]1[C@@H]1CC[C@H]3C[C@H](OP(=O)(O)c4ccccc4)CC[C@]3(C)[C@H]1CC2. The van der Waals surface area contributed by atoms with E-state index in [9.17, 15) is 9.46 Å². The molecular weight excluding hydrogens is 379 g/mol. The van der Waals surface area contributed by atoms with Crippen LogP contribution in [0.15, 0.2) is 30.3 Å². The third-order valence-electron chi connectivity index (χ3n) is 9.77. The first-order valence-electron chi connectivity index (χ1n) is 11.9. The van der Waals surface area contributed by atoms with Crippen molar-refractivity contribution in [3.8, 4) is 0 Å². The fourth-order valence-electron chi connectivity index (χ4n) is 8.19. The lowest BCUT2D eigenvalue weighted by Crippen LogP contribution is -2.53. The molecule has 0 saturated heterocycles. The maximum Gasteiger partial charge on any atom is 0.359 e. The lowest BCUT2D eigenvalue weighted by atomic mass is 9.45. The average molecular weight is 417 g/mol. The fraction of sp³-hybridized carbons (Fsp3) is 0.760. The molecule has 5 rings (SSSR count). The summed E-state index contributed by atoms with van der Waals surface area (Å²) >= 11 is 0. The summed E-state index contributed by atoms with van der Waals surface area (Å²) in [6.07, 6.45) is 12.8. The highest BCUT2D eigenvalue weighted by Crippen LogP contribution is 2.66. The van der Waals surface area contributed by atoms with E-state index in [0.717, 1.165) is 37.0 Å². The molecule has 8 atom stereocenters. The quantitative estimate of drug-likeness (QED) is 0.587. The van der Waals surface area contributed by atoms with Crippen LogP contribution in [0.25, 0.3) is 0 Å². The van der Waals surface area contributed by atoms with Gasteiger partial charge in [-0.1, -0.05) is 38.5 Å². The molecule has 29 heavy (non-hydrogen) atoms. The predicted molar refractivity (Wildman–Crippen MR) is 117 cm³/mol. The molecule has 0 spiro atoms. The monoisotopic (exact) mass is 416 g/mol. The average Bonchev–Trinajstić information content (AvgIpc) is 3.10. The smallest absolute Gasteiger partial charge is 0.321 e. The Balaban J connectivity index is 1.30. The Morgan fingerprint density at radius 3 is 2.55 bits per heavy atom. The molecule has 0 radical (unpaired) electrons. The van der Waals surface area contributed by atoms with Gasteiger partial charge in [0.15, 0.2) is 0 Å². The van der Waals surface area contributed by atoms with E-state index < -0.39 is 7.60 Å². The Bertz CT molecular complexity index is 795. The van der Waals surface area contributed by atoms with Crippen LogP contribution in [0.3, 0.4) is 0 Å². The van der Waals surface area contributed by atoms with Crippen LogP contribution in [-0.2, 0) is 9.09 Å². The first-order valence-corrected chi connectivity index (χ1v) is 13.5. The highest BCUT2D eigenvalue weighted by atomic mass is 31.2. The van der Waals surface area contributed by atoms with Gasteiger partial charge in [-0.05, 0) is 104 Å². The van der Waals surface area contributed by atoms with E-state index in [0.29, 0.717) is 22.1 Å². The lowest BCUT2D eigenvalue weighted by Gasteiger charge is -2.60. The van der Waals surface area contributed by atoms with Crippen molar-refractivity contribution in [3.63, 3.8) is 0 Å². The molecule has 1 N–H and O–H groups in total. The first-order chi connectivity index (χ1) is 13.8. The van der Waals surface area contributed by atoms with Gasteiger partial charge in [-0.25, -0.2) is 0 Å². The van der Waals surface area contributed by atoms with Gasteiger partial charge < -0.3 is 9.42 Å². The summed E-state index contributed by atoms with van der Waals surface area (Å²) in [6, 6.07) is 8.90. The van der Waals surface area contributed by atoms with Crippen molar-refractivity contribution in [2.24, 2.45) is 34.5 Å². The molecule has 0 aromatic heterocycles. The largest absolute Gasteiger partial charge is 0.359 e. The Morgan fingerprint density at radius 1 is 0.966 bits per heavy atom. The van der Waals surface area contributed by atoms with E-state index >= 15 is 0 Å². The van der Waals surface area contributed by atoms with Crippen LogP contribution >= 0.6 is 7.60 Å². The topological polar surface area (TPSA) is 46.5 Å². The Kier molecular flexibility index (Phi) is 5.04. The highest BCUT2D eigenvalue weighted by molar-refractivity contribution is 7.61. The summed E-state index contributed by atoms with van der Waals surface area (Å²) in [7, 11) is -3.74. The molecular formula is C25H37O3P. The Labute approximate surface area is 176 Å². The molecule has 160 valence electrons. The van der Waals surface area contributed by atoms with E-state index in [4.69, 9.17) is 4.52 Å². The zero-order valence-electron chi connectivity index (χ0n) is 18.1. The zero-order chi connectivity index (χ0) is 20.3. The minimum absolute atomic E-state index is 0.0824. The maximum atomic E-state index is 12.8. The first kappa shape index (κ1) is 20.3. The molecule has 4 fully saturated rings. The third kappa shape index (κ3) is 3.36. The van der Waals surface area contributed by atoms with Crippen molar-refractivity contribution in [1.29, 1.82) is 0 Å². The Hall–Kier alpha value is -0.630. The molecule has 4 aliphatic rings. The molecule has 0 amide bonds. The van der Waals surface area contributed by atoms with Crippen LogP contribution in [0, 0.1) is 34.5 Å². The van der Waals surface area contributed by atoms with Crippen molar-refractivity contribution in [1.82, 2.24) is 0 Å². The van der Waals surface area contributed by atoms with Gasteiger partial charge in [0.1, 0.15) is 0 Å². The van der Waals surface area contributed by atoms with Gasteiger partial charge >= 0.3 is 7.60 Å². The summed E-state index contributed by atoms with van der Waals surface area (Å²) in [5, 5.41) is 0.421. The van der Waals surface area contributed by atoms with Gasteiger partial charge in [0, 0.05) is 0 Å². The minimum Gasteiger partial charge on any atom is -0.321 e. The predicted octanol–water partition coefficient (Wildman–Crippen LogP) is 6.32. The molecule has 4 heteroatoms.